The lowest BCUT2D eigenvalue weighted by Crippen LogP contribution is -2.07. The first kappa shape index (κ1) is 15.3. The lowest BCUT2D eigenvalue weighted by atomic mass is 9.94. The highest BCUT2D eigenvalue weighted by atomic mass is 79.9. The van der Waals surface area contributed by atoms with Crippen LogP contribution in [0.5, 0.6) is 0 Å². The number of ketones is 1. The highest BCUT2D eigenvalue weighted by Crippen LogP contribution is 2.28. The Bertz CT molecular complexity index is 654. The molecular formula is C17H16BrClO. The van der Waals surface area contributed by atoms with Crippen LogP contribution in [0.25, 0.3) is 0 Å². The predicted octanol–water partition coefficient (Wildman–Crippen LogP) is 5.45. The van der Waals surface area contributed by atoms with Crippen molar-refractivity contribution in [3.05, 3.63) is 67.6 Å². The van der Waals surface area contributed by atoms with Crippen LogP contribution >= 0.6 is 27.5 Å². The summed E-state index contributed by atoms with van der Waals surface area (Å²) < 4.78 is 0.752. The van der Waals surface area contributed by atoms with Crippen LogP contribution in [0.15, 0.2) is 34.8 Å². The summed E-state index contributed by atoms with van der Waals surface area (Å²) in [6.07, 6.45) is 0.383. The Morgan fingerprint density at radius 3 is 2.35 bits per heavy atom. The number of halogens is 2. The Hall–Kier alpha value is -1.12. The molecule has 0 N–H and O–H groups in total. The largest absolute Gasteiger partial charge is 0.294 e. The van der Waals surface area contributed by atoms with Gasteiger partial charge in [0.15, 0.2) is 5.78 Å². The fourth-order valence-electron chi connectivity index (χ4n) is 2.46. The second kappa shape index (κ2) is 6.11. The zero-order valence-electron chi connectivity index (χ0n) is 11.8. The molecule has 2 rings (SSSR count). The van der Waals surface area contributed by atoms with Crippen molar-refractivity contribution in [2.24, 2.45) is 0 Å². The molecule has 0 aliphatic heterocycles. The maximum atomic E-state index is 12.5. The average Bonchev–Trinajstić information content (AvgIpc) is 2.36. The summed E-state index contributed by atoms with van der Waals surface area (Å²) in [7, 11) is 0. The van der Waals surface area contributed by atoms with Crippen molar-refractivity contribution >= 4 is 33.3 Å². The first-order valence-electron chi connectivity index (χ1n) is 6.44. The van der Waals surface area contributed by atoms with Crippen molar-refractivity contribution in [2.75, 3.05) is 0 Å². The molecule has 0 spiro atoms. The lowest BCUT2D eigenvalue weighted by Gasteiger charge is -2.11. The summed E-state index contributed by atoms with van der Waals surface area (Å²) in [5.41, 5.74) is 5.19. The van der Waals surface area contributed by atoms with Crippen LogP contribution in [0.4, 0.5) is 0 Å². The fourth-order valence-corrected chi connectivity index (χ4v) is 3.06. The van der Waals surface area contributed by atoms with Gasteiger partial charge in [-0.25, -0.2) is 0 Å². The number of aryl methyl sites for hydroxylation is 3. The number of hydrogen-bond donors (Lipinski definition) is 0. The minimum atomic E-state index is 0.0475. The smallest absolute Gasteiger partial charge is 0.168 e. The molecule has 0 bridgehead atoms. The Labute approximate surface area is 133 Å². The molecule has 2 aromatic rings. The zero-order valence-corrected chi connectivity index (χ0v) is 14.1. The van der Waals surface area contributed by atoms with Gasteiger partial charge in [-0.15, -0.1) is 0 Å². The summed E-state index contributed by atoms with van der Waals surface area (Å²) in [5.74, 6) is 0.0475. The van der Waals surface area contributed by atoms with E-state index in [2.05, 4.69) is 35.0 Å². The lowest BCUT2D eigenvalue weighted by molar-refractivity contribution is 0.0992. The monoisotopic (exact) mass is 350 g/mol. The molecule has 20 heavy (non-hydrogen) atoms. The zero-order chi connectivity index (χ0) is 14.9. The molecule has 0 atom stereocenters. The summed E-state index contributed by atoms with van der Waals surface area (Å²) in [6.45, 7) is 6.16. The molecule has 1 nitrogen and oxygen atoms in total. The molecule has 0 aliphatic rings. The Morgan fingerprint density at radius 2 is 1.75 bits per heavy atom. The van der Waals surface area contributed by atoms with E-state index >= 15 is 0 Å². The van der Waals surface area contributed by atoms with E-state index in [-0.39, 0.29) is 5.78 Å². The third-order valence-electron chi connectivity index (χ3n) is 3.43. The van der Waals surface area contributed by atoms with Crippen molar-refractivity contribution in [1.82, 2.24) is 0 Å². The van der Waals surface area contributed by atoms with E-state index in [9.17, 15) is 4.79 Å². The van der Waals surface area contributed by atoms with Gasteiger partial charge in [-0.2, -0.15) is 0 Å². The average molecular weight is 352 g/mol. The van der Waals surface area contributed by atoms with Crippen molar-refractivity contribution in [3.63, 3.8) is 0 Å². The van der Waals surface area contributed by atoms with Gasteiger partial charge < -0.3 is 0 Å². The van der Waals surface area contributed by atoms with Crippen molar-refractivity contribution in [2.45, 2.75) is 27.2 Å². The molecule has 0 heterocycles. The van der Waals surface area contributed by atoms with E-state index in [1.54, 1.807) is 6.07 Å². The Kier molecular flexibility index (Phi) is 4.66. The first-order chi connectivity index (χ1) is 9.40. The second-order valence-corrected chi connectivity index (χ2v) is 6.31. The molecular weight excluding hydrogens is 336 g/mol. The van der Waals surface area contributed by atoms with E-state index in [1.807, 2.05) is 26.0 Å². The normalized spacial score (nSPS) is 10.7. The SMILES string of the molecule is Cc1cc(C)c(CC(=O)c2cccc(Br)c2Cl)c(C)c1. The van der Waals surface area contributed by atoms with Crippen LogP contribution in [0.1, 0.15) is 32.6 Å². The number of hydrogen-bond acceptors (Lipinski definition) is 1. The molecule has 0 aromatic heterocycles. The minimum absolute atomic E-state index is 0.0475. The highest BCUT2D eigenvalue weighted by molar-refractivity contribution is 9.10. The second-order valence-electron chi connectivity index (χ2n) is 5.08. The van der Waals surface area contributed by atoms with Gasteiger partial charge in [-0.1, -0.05) is 35.4 Å². The number of benzene rings is 2. The van der Waals surface area contributed by atoms with Crippen LogP contribution in [0.2, 0.25) is 5.02 Å². The van der Waals surface area contributed by atoms with Gasteiger partial charge in [-0.3, -0.25) is 4.79 Å². The molecule has 0 saturated carbocycles. The third kappa shape index (κ3) is 3.13. The summed E-state index contributed by atoms with van der Waals surface area (Å²) in [6, 6.07) is 9.66. The van der Waals surface area contributed by atoms with E-state index < -0.39 is 0 Å². The number of carbonyl (C=O) groups excluding carboxylic acids is 1. The molecule has 0 amide bonds. The first-order valence-corrected chi connectivity index (χ1v) is 7.61. The van der Waals surface area contributed by atoms with Gasteiger partial charge in [0, 0.05) is 16.5 Å². The van der Waals surface area contributed by atoms with Gasteiger partial charge in [-0.05, 0) is 65.5 Å². The Morgan fingerprint density at radius 1 is 1.15 bits per heavy atom. The van der Waals surface area contributed by atoms with Gasteiger partial charge >= 0.3 is 0 Å². The summed E-state index contributed by atoms with van der Waals surface area (Å²) >= 11 is 9.55. The Balaban J connectivity index is 2.36. The van der Waals surface area contributed by atoms with Crippen LogP contribution in [-0.2, 0) is 6.42 Å². The van der Waals surface area contributed by atoms with E-state index in [4.69, 9.17) is 11.6 Å². The summed E-state index contributed by atoms with van der Waals surface area (Å²) in [5, 5.41) is 0.486. The van der Waals surface area contributed by atoms with Gasteiger partial charge in [0.2, 0.25) is 0 Å². The van der Waals surface area contributed by atoms with E-state index in [1.165, 1.54) is 5.56 Å². The van der Waals surface area contributed by atoms with Crippen molar-refractivity contribution in [3.8, 4) is 0 Å². The van der Waals surface area contributed by atoms with Crippen molar-refractivity contribution < 1.29 is 4.79 Å². The van der Waals surface area contributed by atoms with Crippen LogP contribution < -0.4 is 0 Å². The molecule has 0 aliphatic carbocycles. The maximum Gasteiger partial charge on any atom is 0.168 e. The summed E-state index contributed by atoms with van der Waals surface area (Å²) in [4.78, 5) is 12.5. The highest BCUT2D eigenvalue weighted by Gasteiger charge is 2.15. The third-order valence-corrected chi connectivity index (χ3v) is 4.73. The van der Waals surface area contributed by atoms with Gasteiger partial charge in [0.25, 0.3) is 0 Å². The topological polar surface area (TPSA) is 17.1 Å². The molecule has 0 saturated heterocycles. The molecule has 2 aromatic carbocycles. The molecule has 104 valence electrons. The van der Waals surface area contributed by atoms with E-state index in [0.717, 1.165) is 21.2 Å². The number of rotatable bonds is 3. The molecule has 0 unspecified atom stereocenters. The molecule has 3 heteroatoms. The van der Waals surface area contributed by atoms with E-state index in [0.29, 0.717) is 17.0 Å². The minimum Gasteiger partial charge on any atom is -0.294 e. The van der Waals surface area contributed by atoms with Gasteiger partial charge in [0.1, 0.15) is 0 Å². The standard InChI is InChI=1S/C17H16BrClO/c1-10-7-11(2)14(12(3)8-10)9-16(20)13-5-4-6-15(18)17(13)19/h4-8H,9H2,1-3H3. The number of Topliss-reactive ketones (excluding diaryl/α,β-unsaturated/α-hetero) is 1. The van der Waals surface area contributed by atoms with Crippen LogP contribution in [-0.4, -0.2) is 5.78 Å². The number of carbonyl (C=O) groups is 1. The fraction of sp³-hybridized carbons (Fsp3) is 0.235. The molecule has 0 fully saturated rings. The van der Waals surface area contributed by atoms with Crippen molar-refractivity contribution in [1.29, 1.82) is 0 Å². The van der Waals surface area contributed by atoms with Crippen LogP contribution in [0.3, 0.4) is 0 Å². The predicted molar refractivity (Wildman–Crippen MR) is 87.8 cm³/mol. The van der Waals surface area contributed by atoms with Gasteiger partial charge in [0.05, 0.1) is 5.02 Å². The van der Waals surface area contributed by atoms with Crippen LogP contribution in [0, 0.1) is 20.8 Å². The molecule has 0 radical (unpaired) electrons. The maximum absolute atomic E-state index is 12.5. The quantitative estimate of drug-likeness (QED) is 0.672.